The molecule has 1 heterocycles. The van der Waals surface area contributed by atoms with Gasteiger partial charge >= 0.3 is 0 Å². The summed E-state index contributed by atoms with van der Waals surface area (Å²) in [7, 11) is 0. The minimum atomic E-state index is -1.13. The van der Waals surface area contributed by atoms with E-state index in [0.29, 0.717) is 0 Å². The summed E-state index contributed by atoms with van der Waals surface area (Å²) in [5, 5.41) is 9.36. The number of benzene rings is 1. The van der Waals surface area contributed by atoms with E-state index in [2.05, 4.69) is 11.1 Å². The zero-order chi connectivity index (χ0) is 13.9. The van der Waals surface area contributed by atoms with Crippen LogP contribution >= 0.6 is 0 Å². The van der Waals surface area contributed by atoms with Gasteiger partial charge in [-0.15, -0.1) is 0 Å². The number of hydrogen-bond acceptors (Lipinski definition) is 2. The van der Waals surface area contributed by atoms with Gasteiger partial charge in [0.25, 0.3) is 0 Å². The van der Waals surface area contributed by atoms with Crippen LogP contribution in [-0.2, 0) is 11.8 Å². The number of nitriles is 1. The molecule has 19 heavy (non-hydrogen) atoms. The molecule has 0 aliphatic rings. The van der Waals surface area contributed by atoms with Crippen molar-refractivity contribution in [2.45, 2.75) is 18.8 Å². The van der Waals surface area contributed by atoms with E-state index >= 15 is 0 Å². The zero-order valence-corrected chi connectivity index (χ0v) is 10.4. The van der Waals surface area contributed by atoms with E-state index in [1.54, 1.807) is 31.5 Å². The number of hydrogen-bond donors (Lipinski definition) is 0. The molecule has 1 aromatic carbocycles. The fourth-order valence-corrected chi connectivity index (χ4v) is 2.03. The first-order valence-corrected chi connectivity index (χ1v) is 5.81. The van der Waals surface area contributed by atoms with E-state index in [-0.39, 0.29) is 12.0 Å². The quantitative estimate of drug-likeness (QED) is 0.846. The van der Waals surface area contributed by atoms with Crippen LogP contribution in [0, 0.1) is 23.0 Å². The lowest BCUT2D eigenvalue weighted by atomic mass is 9.78. The lowest BCUT2D eigenvalue weighted by Gasteiger charge is -2.22. The number of rotatable bonds is 3. The Balaban J connectivity index is 2.43. The Hall–Kier alpha value is -2.28. The highest BCUT2D eigenvalue weighted by Gasteiger charge is 2.30. The lowest BCUT2D eigenvalue weighted by Crippen LogP contribution is -2.24. The lowest BCUT2D eigenvalue weighted by molar-refractivity contribution is 0.522. The van der Waals surface area contributed by atoms with Crippen molar-refractivity contribution in [2.75, 3.05) is 0 Å². The number of nitrogens with zero attached hydrogens (tertiary/aromatic N) is 2. The Labute approximate surface area is 110 Å². The molecule has 0 N–H and O–H groups in total. The first kappa shape index (κ1) is 13.2. The van der Waals surface area contributed by atoms with Gasteiger partial charge in [-0.2, -0.15) is 5.26 Å². The Kier molecular flexibility index (Phi) is 3.57. The minimum Gasteiger partial charge on any atom is -0.264 e. The molecule has 1 aromatic heterocycles. The Bertz CT molecular complexity index is 620. The Morgan fingerprint density at radius 3 is 2.74 bits per heavy atom. The zero-order valence-electron chi connectivity index (χ0n) is 10.4. The van der Waals surface area contributed by atoms with Crippen molar-refractivity contribution in [1.82, 2.24) is 4.98 Å². The molecule has 2 aromatic rings. The number of aromatic nitrogens is 1. The van der Waals surface area contributed by atoms with E-state index in [1.165, 1.54) is 0 Å². The summed E-state index contributed by atoms with van der Waals surface area (Å²) in [6.07, 6.45) is 3.51. The minimum absolute atomic E-state index is 0.0684. The van der Waals surface area contributed by atoms with Gasteiger partial charge in [0.15, 0.2) is 0 Å². The third-order valence-electron chi connectivity index (χ3n) is 3.05. The standard InChI is InChI=1S/C15H12F2N2/c1-15(10-18,8-11-3-2-6-19-9-11)13-7-12(16)4-5-14(13)17/h2-7,9H,8H2,1H3. The summed E-state index contributed by atoms with van der Waals surface area (Å²) >= 11 is 0. The third-order valence-corrected chi connectivity index (χ3v) is 3.05. The van der Waals surface area contributed by atoms with Crippen molar-refractivity contribution in [2.24, 2.45) is 0 Å². The van der Waals surface area contributed by atoms with Crippen LogP contribution in [0.1, 0.15) is 18.1 Å². The molecule has 4 heteroatoms. The summed E-state index contributed by atoms with van der Waals surface area (Å²) in [6.45, 7) is 1.60. The van der Waals surface area contributed by atoms with Gasteiger partial charge in [-0.1, -0.05) is 6.07 Å². The monoisotopic (exact) mass is 258 g/mol. The molecule has 2 rings (SSSR count). The maximum absolute atomic E-state index is 13.8. The Morgan fingerprint density at radius 1 is 1.32 bits per heavy atom. The van der Waals surface area contributed by atoms with Gasteiger partial charge in [-0.05, 0) is 43.2 Å². The predicted octanol–water partition coefficient (Wildman–Crippen LogP) is 3.38. The second kappa shape index (κ2) is 5.15. The van der Waals surface area contributed by atoms with Crippen LogP contribution < -0.4 is 0 Å². The van der Waals surface area contributed by atoms with Gasteiger partial charge in [0.2, 0.25) is 0 Å². The molecule has 0 aliphatic heterocycles. The van der Waals surface area contributed by atoms with E-state index in [4.69, 9.17) is 0 Å². The average molecular weight is 258 g/mol. The summed E-state index contributed by atoms with van der Waals surface area (Å²) in [5.41, 5.74) is -0.260. The molecule has 2 nitrogen and oxygen atoms in total. The fourth-order valence-electron chi connectivity index (χ4n) is 2.03. The predicted molar refractivity (Wildman–Crippen MR) is 67.3 cm³/mol. The van der Waals surface area contributed by atoms with Crippen molar-refractivity contribution in [3.05, 3.63) is 65.5 Å². The normalized spacial score (nSPS) is 13.6. The molecular weight excluding hydrogens is 246 g/mol. The van der Waals surface area contributed by atoms with Gasteiger partial charge in [-0.3, -0.25) is 4.98 Å². The van der Waals surface area contributed by atoms with E-state index in [9.17, 15) is 14.0 Å². The smallest absolute Gasteiger partial charge is 0.128 e. The molecule has 0 fully saturated rings. The van der Waals surface area contributed by atoms with Crippen LogP contribution in [0.4, 0.5) is 8.78 Å². The van der Waals surface area contributed by atoms with Crippen molar-refractivity contribution in [3.63, 3.8) is 0 Å². The Morgan fingerprint density at radius 2 is 2.11 bits per heavy atom. The molecule has 0 spiro atoms. The average Bonchev–Trinajstić information content (AvgIpc) is 2.42. The second-order valence-corrected chi connectivity index (χ2v) is 4.61. The topological polar surface area (TPSA) is 36.7 Å². The molecule has 0 bridgehead atoms. The molecule has 0 amide bonds. The first-order chi connectivity index (χ1) is 9.05. The van der Waals surface area contributed by atoms with Crippen LogP contribution in [0.15, 0.2) is 42.7 Å². The molecule has 96 valence electrons. The third kappa shape index (κ3) is 2.76. The molecule has 0 aliphatic carbocycles. The van der Waals surface area contributed by atoms with Gasteiger partial charge in [0.1, 0.15) is 11.6 Å². The highest BCUT2D eigenvalue weighted by molar-refractivity contribution is 5.35. The highest BCUT2D eigenvalue weighted by atomic mass is 19.1. The van der Waals surface area contributed by atoms with Crippen LogP contribution in [0.5, 0.6) is 0 Å². The first-order valence-electron chi connectivity index (χ1n) is 5.81. The molecule has 1 unspecified atom stereocenters. The van der Waals surface area contributed by atoms with Crippen LogP contribution in [0.3, 0.4) is 0 Å². The van der Waals surface area contributed by atoms with E-state index < -0.39 is 17.0 Å². The summed E-state index contributed by atoms with van der Waals surface area (Å²) in [4.78, 5) is 3.96. The number of halogens is 2. The SMILES string of the molecule is CC(C#N)(Cc1cccnc1)c1cc(F)ccc1F. The van der Waals surface area contributed by atoms with Crippen molar-refractivity contribution >= 4 is 0 Å². The van der Waals surface area contributed by atoms with Gasteiger partial charge < -0.3 is 0 Å². The number of pyridine rings is 1. The molecule has 0 saturated heterocycles. The maximum Gasteiger partial charge on any atom is 0.128 e. The molecule has 0 saturated carbocycles. The second-order valence-electron chi connectivity index (χ2n) is 4.61. The van der Waals surface area contributed by atoms with Gasteiger partial charge in [0.05, 0.1) is 11.5 Å². The summed E-state index contributed by atoms with van der Waals surface area (Å²) < 4.78 is 27.1. The van der Waals surface area contributed by atoms with Crippen molar-refractivity contribution < 1.29 is 8.78 Å². The van der Waals surface area contributed by atoms with E-state index in [0.717, 1.165) is 23.8 Å². The van der Waals surface area contributed by atoms with Crippen LogP contribution in [0.25, 0.3) is 0 Å². The van der Waals surface area contributed by atoms with E-state index in [1.807, 2.05) is 0 Å². The van der Waals surface area contributed by atoms with Crippen LogP contribution in [-0.4, -0.2) is 4.98 Å². The molecule has 1 atom stereocenters. The largest absolute Gasteiger partial charge is 0.264 e. The highest BCUT2D eigenvalue weighted by Crippen LogP contribution is 2.30. The molecular formula is C15H12F2N2. The molecule has 0 radical (unpaired) electrons. The van der Waals surface area contributed by atoms with Crippen molar-refractivity contribution in [3.8, 4) is 6.07 Å². The van der Waals surface area contributed by atoms with Gasteiger partial charge in [0, 0.05) is 18.0 Å². The summed E-state index contributed by atoms with van der Waals surface area (Å²) in [6, 6.07) is 8.79. The summed E-state index contributed by atoms with van der Waals surface area (Å²) in [5.74, 6) is -1.13. The van der Waals surface area contributed by atoms with Gasteiger partial charge in [-0.25, -0.2) is 8.78 Å². The fraction of sp³-hybridized carbons (Fsp3) is 0.200. The maximum atomic E-state index is 13.8. The van der Waals surface area contributed by atoms with Crippen molar-refractivity contribution in [1.29, 1.82) is 5.26 Å². The van der Waals surface area contributed by atoms with Crippen LogP contribution in [0.2, 0.25) is 0 Å².